The molecule has 0 radical (unpaired) electrons. The molecule has 22 heavy (non-hydrogen) atoms. The lowest BCUT2D eigenvalue weighted by molar-refractivity contribution is -0.147. The molecule has 0 aromatic heterocycles. The molecule has 0 unspecified atom stereocenters. The van der Waals surface area contributed by atoms with Crippen LogP contribution in [0.1, 0.15) is 12.5 Å². The van der Waals surface area contributed by atoms with Crippen LogP contribution in [0.15, 0.2) is 53.0 Å². The molecule has 5 heteroatoms. The summed E-state index contributed by atoms with van der Waals surface area (Å²) >= 11 is 3.34. The Labute approximate surface area is 138 Å². The van der Waals surface area contributed by atoms with E-state index in [-0.39, 0.29) is 13.2 Å². The first-order valence-corrected chi connectivity index (χ1v) is 7.73. The van der Waals surface area contributed by atoms with Gasteiger partial charge in [0.15, 0.2) is 6.61 Å². The summed E-state index contributed by atoms with van der Waals surface area (Å²) in [4.78, 5) is 11.7. The molecule has 2 aromatic rings. The van der Waals surface area contributed by atoms with Crippen molar-refractivity contribution >= 4 is 21.9 Å². The van der Waals surface area contributed by atoms with Crippen LogP contribution in [0.4, 0.5) is 0 Å². The maximum atomic E-state index is 11.7. The number of hydrogen-bond acceptors (Lipinski definition) is 4. The van der Waals surface area contributed by atoms with E-state index in [1.54, 1.807) is 12.1 Å². The average Bonchev–Trinajstić information content (AvgIpc) is 2.54. The molecule has 0 spiro atoms. The second-order valence-electron chi connectivity index (χ2n) is 4.44. The highest BCUT2D eigenvalue weighted by Crippen LogP contribution is 2.19. The van der Waals surface area contributed by atoms with Crippen molar-refractivity contribution in [2.24, 2.45) is 0 Å². The Bertz CT molecular complexity index is 610. The summed E-state index contributed by atoms with van der Waals surface area (Å²) in [5, 5.41) is 0. The number of rotatable bonds is 7. The average molecular weight is 365 g/mol. The molecule has 0 saturated heterocycles. The van der Waals surface area contributed by atoms with Crippen molar-refractivity contribution in [2.75, 3.05) is 13.2 Å². The fraction of sp³-hybridized carbons (Fsp3) is 0.235. The van der Waals surface area contributed by atoms with E-state index in [0.29, 0.717) is 12.4 Å². The van der Waals surface area contributed by atoms with Crippen LogP contribution in [0, 0.1) is 0 Å². The Balaban J connectivity index is 1.81. The molecule has 0 aliphatic heterocycles. The Morgan fingerprint density at radius 2 is 1.77 bits per heavy atom. The van der Waals surface area contributed by atoms with Crippen LogP contribution in [0.3, 0.4) is 0 Å². The zero-order valence-electron chi connectivity index (χ0n) is 12.3. The largest absolute Gasteiger partial charge is 0.493 e. The van der Waals surface area contributed by atoms with E-state index in [1.165, 1.54) is 0 Å². The van der Waals surface area contributed by atoms with Crippen molar-refractivity contribution in [3.05, 3.63) is 58.6 Å². The van der Waals surface area contributed by atoms with Gasteiger partial charge in [-0.25, -0.2) is 4.79 Å². The van der Waals surface area contributed by atoms with Gasteiger partial charge in [0, 0.05) is 10.0 Å². The minimum absolute atomic E-state index is 0.127. The molecule has 0 N–H and O–H groups in total. The van der Waals surface area contributed by atoms with Crippen LogP contribution in [0.25, 0.3) is 0 Å². The van der Waals surface area contributed by atoms with Crippen LogP contribution in [0.5, 0.6) is 11.5 Å². The smallest absolute Gasteiger partial charge is 0.344 e. The van der Waals surface area contributed by atoms with Gasteiger partial charge in [-0.3, -0.25) is 0 Å². The molecule has 0 heterocycles. The summed E-state index contributed by atoms with van der Waals surface area (Å²) in [6.07, 6.45) is 0. The highest BCUT2D eigenvalue weighted by molar-refractivity contribution is 9.10. The van der Waals surface area contributed by atoms with Gasteiger partial charge in [0.1, 0.15) is 18.1 Å². The number of benzene rings is 2. The molecule has 116 valence electrons. The summed E-state index contributed by atoms with van der Waals surface area (Å²) in [6, 6.07) is 14.7. The molecule has 2 rings (SSSR count). The lowest BCUT2D eigenvalue weighted by Gasteiger charge is -2.11. The zero-order chi connectivity index (χ0) is 15.8. The molecule has 0 atom stereocenters. The van der Waals surface area contributed by atoms with E-state index in [9.17, 15) is 4.79 Å². The van der Waals surface area contributed by atoms with E-state index in [1.807, 2.05) is 43.3 Å². The summed E-state index contributed by atoms with van der Waals surface area (Å²) in [5.74, 6) is 0.927. The molecule has 0 bridgehead atoms. The quantitative estimate of drug-likeness (QED) is 0.697. The van der Waals surface area contributed by atoms with Gasteiger partial charge < -0.3 is 14.2 Å². The Morgan fingerprint density at radius 1 is 1.05 bits per heavy atom. The van der Waals surface area contributed by atoms with Crippen molar-refractivity contribution in [3.8, 4) is 11.5 Å². The van der Waals surface area contributed by atoms with Gasteiger partial charge >= 0.3 is 5.97 Å². The minimum Gasteiger partial charge on any atom is -0.493 e. The molecule has 0 amide bonds. The van der Waals surface area contributed by atoms with Gasteiger partial charge in [-0.1, -0.05) is 34.1 Å². The lowest BCUT2D eigenvalue weighted by Crippen LogP contribution is -2.15. The van der Waals surface area contributed by atoms with Crippen molar-refractivity contribution in [3.63, 3.8) is 0 Å². The van der Waals surface area contributed by atoms with E-state index < -0.39 is 5.97 Å². The van der Waals surface area contributed by atoms with Gasteiger partial charge in [0.25, 0.3) is 0 Å². The second kappa shape index (κ2) is 8.44. The number of ether oxygens (including phenoxy) is 3. The highest BCUT2D eigenvalue weighted by atomic mass is 79.9. The van der Waals surface area contributed by atoms with E-state index in [4.69, 9.17) is 14.2 Å². The number of carbonyl (C=O) groups excluding carboxylic acids is 1. The van der Waals surface area contributed by atoms with Crippen molar-refractivity contribution in [1.29, 1.82) is 0 Å². The number of carbonyl (C=O) groups is 1. The SMILES string of the molecule is CCOc1ccccc1COC(=O)COc1ccc(Br)cc1. The number of para-hydroxylation sites is 1. The van der Waals surface area contributed by atoms with Gasteiger partial charge in [-0.2, -0.15) is 0 Å². The molecule has 2 aromatic carbocycles. The van der Waals surface area contributed by atoms with E-state index in [0.717, 1.165) is 15.8 Å². The number of hydrogen-bond donors (Lipinski definition) is 0. The first-order chi connectivity index (χ1) is 10.7. The number of halogens is 1. The van der Waals surface area contributed by atoms with Crippen molar-refractivity contribution < 1.29 is 19.0 Å². The fourth-order valence-corrected chi connectivity index (χ4v) is 2.06. The van der Waals surface area contributed by atoms with Crippen molar-refractivity contribution in [2.45, 2.75) is 13.5 Å². The maximum Gasteiger partial charge on any atom is 0.344 e. The van der Waals surface area contributed by atoms with Crippen LogP contribution >= 0.6 is 15.9 Å². The Kier molecular flexibility index (Phi) is 6.27. The second-order valence-corrected chi connectivity index (χ2v) is 5.36. The van der Waals surface area contributed by atoms with Crippen LogP contribution in [-0.4, -0.2) is 19.2 Å². The molecule has 0 saturated carbocycles. The monoisotopic (exact) mass is 364 g/mol. The molecule has 0 aliphatic rings. The zero-order valence-corrected chi connectivity index (χ0v) is 13.8. The third kappa shape index (κ3) is 5.07. The van der Waals surface area contributed by atoms with Gasteiger partial charge in [-0.05, 0) is 37.3 Å². The fourth-order valence-electron chi connectivity index (χ4n) is 1.79. The predicted molar refractivity (Wildman–Crippen MR) is 87.0 cm³/mol. The lowest BCUT2D eigenvalue weighted by atomic mass is 10.2. The summed E-state index contributed by atoms with van der Waals surface area (Å²) in [7, 11) is 0. The standard InChI is InChI=1S/C17H17BrO4/c1-2-20-16-6-4-3-5-13(16)11-22-17(19)12-21-15-9-7-14(18)8-10-15/h3-10H,2,11-12H2,1H3. The normalized spacial score (nSPS) is 10.1. The third-order valence-electron chi connectivity index (χ3n) is 2.83. The topological polar surface area (TPSA) is 44.8 Å². The van der Waals surface area contributed by atoms with E-state index in [2.05, 4.69) is 15.9 Å². The predicted octanol–water partition coefficient (Wildman–Crippen LogP) is 3.97. The van der Waals surface area contributed by atoms with Crippen LogP contribution in [-0.2, 0) is 16.1 Å². The number of esters is 1. The highest BCUT2D eigenvalue weighted by Gasteiger charge is 2.08. The molecule has 0 fully saturated rings. The van der Waals surface area contributed by atoms with Gasteiger partial charge in [0.05, 0.1) is 6.61 Å². The molecule has 4 nitrogen and oxygen atoms in total. The molecule has 0 aliphatic carbocycles. The van der Waals surface area contributed by atoms with Gasteiger partial charge in [-0.15, -0.1) is 0 Å². The van der Waals surface area contributed by atoms with E-state index >= 15 is 0 Å². The summed E-state index contributed by atoms with van der Waals surface area (Å²) in [5.41, 5.74) is 0.835. The third-order valence-corrected chi connectivity index (χ3v) is 3.36. The molecular formula is C17H17BrO4. The van der Waals surface area contributed by atoms with Crippen LogP contribution < -0.4 is 9.47 Å². The van der Waals surface area contributed by atoms with Crippen molar-refractivity contribution in [1.82, 2.24) is 0 Å². The first kappa shape index (κ1) is 16.4. The first-order valence-electron chi connectivity index (χ1n) is 6.93. The Hall–Kier alpha value is -2.01. The minimum atomic E-state index is -0.422. The molecular weight excluding hydrogens is 348 g/mol. The van der Waals surface area contributed by atoms with Crippen LogP contribution in [0.2, 0.25) is 0 Å². The maximum absolute atomic E-state index is 11.7. The van der Waals surface area contributed by atoms with Gasteiger partial charge in [0.2, 0.25) is 0 Å². The summed E-state index contributed by atoms with van der Waals surface area (Å²) < 4.78 is 17.0. The summed E-state index contributed by atoms with van der Waals surface area (Å²) in [6.45, 7) is 2.52. The Morgan fingerprint density at radius 3 is 2.50 bits per heavy atom.